The molecule has 2 rings (SSSR count). The van der Waals surface area contributed by atoms with Crippen LogP contribution in [0.25, 0.3) is 0 Å². The summed E-state index contributed by atoms with van der Waals surface area (Å²) < 4.78 is 0. The van der Waals surface area contributed by atoms with E-state index < -0.39 is 12.0 Å². The number of hydrogen-bond acceptors (Lipinski definition) is 5. The fraction of sp³-hybridized carbons (Fsp3) is 0.550. The van der Waals surface area contributed by atoms with Crippen molar-refractivity contribution in [1.82, 2.24) is 15.1 Å². The third-order valence-electron chi connectivity index (χ3n) is 5.20. The van der Waals surface area contributed by atoms with Gasteiger partial charge in [-0.25, -0.2) is 4.79 Å². The van der Waals surface area contributed by atoms with E-state index in [0.717, 1.165) is 24.0 Å². The number of nitrogens with one attached hydrogen (secondary N) is 2. The Labute approximate surface area is 178 Å². The molecule has 1 aliphatic heterocycles. The highest BCUT2D eigenvalue weighted by atomic mass is 35.5. The van der Waals surface area contributed by atoms with E-state index in [1.165, 1.54) is 0 Å². The smallest absolute Gasteiger partial charge is 0.325 e. The molecule has 0 saturated carbocycles. The second-order valence-electron chi connectivity index (χ2n) is 7.27. The number of likely N-dealkylation sites (tertiary alicyclic amines) is 1. The maximum absolute atomic E-state index is 12.1. The molecule has 1 aromatic rings. The summed E-state index contributed by atoms with van der Waals surface area (Å²) in [6.45, 7) is 8.20. The maximum atomic E-state index is 12.1. The third kappa shape index (κ3) is 8.00. The number of imide groups is 1. The van der Waals surface area contributed by atoms with E-state index in [1.54, 1.807) is 6.07 Å². The summed E-state index contributed by atoms with van der Waals surface area (Å²) in [6, 6.07) is 5.25. The molecule has 3 N–H and O–H groups in total. The van der Waals surface area contributed by atoms with Gasteiger partial charge in [-0.15, -0.1) is 12.4 Å². The molecule has 9 heteroatoms. The summed E-state index contributed by atoms with van der Waals surface area (Å²) in [7, 11) is 0. The van der Waals surface area contributed by atoms with Crippen LogP contribution in [-0.4, -0.2) is 71.6 Å². The highest BCUT2D eigenvalue weighted by Crippen LogP contribution is 2.16. The van der Waals surface area contributed by atoms with E-state index >= 15 is 0 Å². The minimum Gasteiger partial charge on any atom is -0.480 e. The second kappa shape index (κ2) is 11.7. The van der Waals surface area contributed by atoms with Crippen LogP contribution < -0.4 is 10.6 Å². The van der Waals surface area contributed by atoms with Crippen molar-refractivity contribution >= 4 is 36.0 Å². The second-order valence-corrected chi connectivity index (χ2v) is 7.27. The van der Waals surface area contributed by atoms with Crippen LogP contribution in [0, 0.1) is 13.8 Å². The number of aliphatic carboxylic acids is 1. The Kier molecular flexibility index (Phi) is 10.1. The lowest BCUT2D eigenvalue weighted by molar-refractivity contribution is -0.139. The number of anilines is 1. The molecule has 0 aromatic heterocycles. The number of aryl methyl sites for hydroxylation is 2. The number of halogens is 1. The van der Waals surface area contributed by atoms with Crippen LogP contribution >= 0.6 is 12.4 Å². The van der Waals surface area contributed by atoms with E-state index in [1.807, 2.05) is 42.7 Å². The largest absolute Gasteiger partial charge is 0.480 e. The van der Waals surface area contributed by atoms with E-state index in [4.69, 9.17) is 5.11 Å². The number of benzene rings is 1. The van der Waals surface area contributed by atoms with E-state index in [9.17, 15) is 14.4 Å². The van der Waals surface area contributed by atoms with Gasteiger partial charge in [0.05, 0.1) is 13.1 Å². The van der Waals surface area contributed by atoms with Gasteiger partial charge in [0.15, 0.2) is 0 Å². The normalized spacial score (nSPS) is 14.9. The van der Waals surface area contributed by atoms with Gasteiger partial charge in [-0.2, -0.15) is 0 Å². The zero-order valence-corrected chi connectivity index (χ0v) is 18.1. The van der Waals surface area contributed by atoms with Crippen molar-refractivity contribution in [2.75, 3.05) is 38.0 Å². The predicted octanol–water partition coefficient (Wildman–Crippen LogP) is 2.24. The Morgan fingerprint density at radius 2 is 1.83 bits per heavy atom. The number of rotatable bonds is 7. The molecular weight excluding hydrogens is 396 g/mol. The Hall–Kier alpha value is -2.16. The number of likely N-dealkylation sites (N-methyl/N-ethyl adjacent to an activating group) is 1. The number of carbonyl (C=O) groups is 3. The lowest BCUT2D eigenvalue weighted by Crippen LogP contribution is -2.49. The Balaban J connectivity index is 0.00000420. The summed E-state index contributed by atoms with van der Waals surface area (Å²) in [6.07, 6.45) is 1.62. The van der Waals surface area contributed by atoms with Crippen molar-refractivity contribution < 1.29 is 19.5 Å². The van der Waals surface area contributed by atoms with Gasteiger partial charge in [-0.1, -0.05) is 13.0 Å². The van der Waals surface area contributed by atoms with Crippen molar-refractivity contribution in [3.8, 4) is 0 Å². The summed E-state index contributed by atoms with van der Waals surface area (Å²) in [5.41, 5.74) is 2.85. The molecule has 0 bridgehead atoms. The quantitative estimate of drug-likeness (QED) is 0.618. The minimum atomic E-state index is -0.821. The van der Waals surface area contributed by atoms with Crippen LogP contribution in [0.5, 0.6) is 0 Å². The Morgan fingerprint density at radius 1 is 1.17 bits per heavy atom. The van der Waals surface area contributed by atoms with Crippen LogP contribution in [0.4, 0.5) is 10.5 Å². The molecule has 162 valence electrons. The standard InChI is InChI=1S/C20H30N4O4.ClH/c1-4-24(13-19(26)27)17-7-9-23(10-8-17)12-18(25)22-20(28)21-16-6-5-14(2)15(3)11-16;/h5-6,11,17H,4,7-10,12-13H2,1-3H3,(H,26,27)(H2,21,22,25,28);1H. The first-order chi connectivity index (χ1) is 13.3. The van der Waals surface area contributed by atoms with Gasteiger partial charge in [-0.3, -0.25) is 24.7 Å². The van der Waals surface area contributed by atoms with Gasteiger partial charge in [0.2, 0.25) is 5.91 Å². The average molecular weight is 427 g/mol. The maximum Gasteiger partial charge on any atom is 0.325 e. The van der Waals surface area contributed by atoms with Crippen LogP contribution in [0.3, 0.4) is 0 Å². The molecule has 1 aliphatic rings. The number of carbonyl (C=O) groups excluding carboxylic acids is 2. The molecule has 0 aliphatic carbocycles. The Bertz CT molecular complexity index is 720. The lowest BCUT2D eigenvalue weighted by Gasteiger charge is -2.37. The SMILES string of the molecule is CCN(CC(=O)O)C1CCN(CC(=O)NC(=O)Nc2ccc(C)c(C)c2)CC1.Cl. The van der Waals surface area contributed by atoms with E-state index in [0.29, 0.717) is 25.3 Å². The highest BCUT2D eigenvalue weighted by molar-refractivity contribution is 6.01. The number of amides is 3. The molecule has 0 radical (unpaired) electrons. The van der Waals surface area contributed by atoms with Crippen molar-refractivity contribution in [1.29, 1.82) is 0 Å². The monoisotopic (exact) mass is 426 g/mol. The average Bonchev–Trinajstić information content (AvgIpc) is 2.63. The summed E-state index contributed by atoms with van der Waals surface area (Å²) >= 11 is 0. The number of piperidine rings is 1. The van der Waals surface area contributed by atoms with E-state index in [2.05, 4.69) is 10.6 Å². The van der Waals surface area contributed by atoms with Gasteiger partial charge in [0.25, 0.3) is 0 Å². The number of carboxylic acid groups (broad SMARTS) is 1. The first kappa shape index (κ1) is 24.9. The molecule has 1 fully saturated rings. The topological polar surface area (TPSA) is 102 Å². The Morgan fingerprint density at radius 3 is 2.38 bits per heavy atom. The summed E-state index contributed by atoms with van der Waals surface area (Å²) in [5.74, 6) is -1.17. The fourth-order valence-electron chi connectivity index (χ4n) is 3.47. The molecule has 1 aromatic carbocycles. The first-order valence-corrected chi connectivity index (χ1v) is 9.64. The van der Waals surface area contributed by atoms with E-state index in [-0.39, 0.29) is 37.4 Å². The van der Waals surface area contributed by atoms with Crippen LogP contribution in [0.15, 0.2) is 18.2 Å². The van der Waals surface area contributed by atoms with Crippen LogP contribution in [0.1, 0.15) is 30.9 Å². The number of hydrogen-bond donors (Lipinski definition) is 3. The number of urea groups is 1. The van der Waals surface area contributed by atoms with Gasteiger partial charge < -0.3 is 10.4 Å². The molecule has 1 heterocycles. The zero-order valence-electron chi connectivity index (χ0n) is 17.2. The molecular formula is C20H31ClN4O4. The highest BCUT2D eigenvalue weighted by Gasteiger charge is 2.26. The molecule has 0 atom stereocenters. The van der Waals surface area contributed by atoms with Gasteiger partial charge in [-0.05, 0) is 56.5 Å². The van der Waals surface area contributed by atoms with Gasteiger partial charge in [0, 0.05) is 24.8 Å². The van der Waals surface area contributed by atoms with Crippen LogP contribution in [-0.2, 0) is 9.59 Å². The molecule has 0 unspecified atom stereocenters. The zero-order chi connectivity index (χ0) is 20.7. The summed E-state index contributed by atoms with van der Waals surface area (Å²) in [4.78, 5) is 39.1. The lowest BCUT2D eigenvalue weighted by atomic mass is 10.0. The number of nitrogens with zero attached hydrogens (tertiary/aromatic N) is 2. The van der Waals surface area contributed by atoms with Crippen molar-refractivity contribution in [2.45, 2.75) is 39.7 Å². The summed E-state index contributed by atoms with van der Waals surface area (Å²) in [5, 5.41) is 14.0. The molecule has 29 heavy (non-hydrogen) atoms. The van der Waals surface area contributed by atoms with Crippen molar-refractivity contribution in [2.24, 2.45) is 0 Å². The molecule has 8 nitrogen and oxygen atoms in total. The fourth-order valence-corrected chi connectivity index (χ4v) is 3.47. The van der Waals surface area contributed by atoms with Crippen molar-refractivity contribution in [3.05, 3.63) is 29.3 Å². The van der Waals surface area contributed by atoms with Gasteiger partial charge >= 0.3 is 12.0 Å². The molecule has 1 saturated heterocycles. The van der Waals surface area contributed by atoms with Crippen LogP contribution in [0.2, 0.25) is 0 Å². The van der Waals surface area contributed by atoms with Gasteiger partial charge in [0.1, 0.15) is 0 Å². The third-order valence-corrected chi connectivity index (χ3v) is 5.20. The number of carboxylic acids is 1. The minimum absolute atomic E-state index is 0. The first-order valence-electron chi connectivity index (χ1n) is 9.64. The molecule has 3 amide bonds. The predicted molar refractivity (Wildman–Crippen MR) is 115 cm³/mol. The molecule has 0 spiro atoms. The van der Waals surface area contributed by atoms with Crippen molar-refractivity contribution in [3.63, 3.8) is 0 Å².